The Balaban J connectivity index is 0.857. The minimum atomic E-state index is -0.993. The molecule has 0 spiro atoms. The summed E-state index contributed by atoms with van der Waals surface area (Å²) in [6.07, 6.45) is 2.24. The maximum absolute atomic E-state index is 12.6. The van der Waals surface area contributed by atoms with Crippen LogP contribution in [-0.4, -0.2) is 139 Å². The molecular weight excluding hydrogens is 740 g/mol. The van der Waals surface area contributed by atoms with E-state index in [1.807, 2.05) is 13.8 Å². The second-order valence-electron chi connectivity index (χ2n) is 19.2. The number of methoxy groups -OCH3 is 2. The largest absolute Gasteiger partial charge is 0.458 e. The SMILES string of the molecule is COC1CC(OC2C(C)OC(OC3CCC4(C)C(CCC5C4CC(O)C4(C)C(C6=CC(=O)OC6)CCC54O)C3)CC2OC)OC(C)C1OC1CC(O)C(O)C(C)O1. The van der Waals surface area contributed by atoms with E-state index in [1.54, 1.807) is 27.2 Å². The zero-order valence-corrected chi connectivity index (χ0v) is 34.8. The normalized spacial score (nSPS) is 54.0. The Kier molecular flexibility index (Phi) is 12.1. The fourth-order valence-corrected chi connectivity index (χ4v) is 13.2. The number of rotatable bonds is 9. The molecule has 3 saturated heterocycles. The third-order valence-electron chi connectivity index (χ3n) is 16.5. The average molecular weight is 809 g/mol. The molecule has 0 radical (unpaired) electrons. The Morgan fingerprint density at radius 1 is 0.719 bits per heavy atom. The molecule has 0 aromatic heterocycles. The van der Waals surface area contributed by atoms with Crippen LogP contribution in [0.2, 0.25) is 0 Å². The highest BCUT2D eigenvalue weighted by Crippen LogP contribution is 2.70. The molecule has 14 nitrogen and oxygen atoms in total. The lowest BCUT2D eigenvalue weighted by molar-refractivity contribution is -0.338. The molecule has 4 aliphatic heterocycles. The van der Waals surface area contributed by atoms with Crippen molar-refractivity contribution in [1.82, 2.24) is 0 Å². The quantitative estimate of drug-likeness (QED) is 0.196. The number of cyclic esters (lactones) is 1. The predicted molar refractivity (Wildman–Crippen MR) is 202 cm³/mol. The highest BCUT2D eigenvalue weighted by molar-refractivity contribution is 5.85. The van der Waals surface area contributed by atoms with E-state index in [0.717, 1.165) is 44.1 Å². The molecule has 7 fully saturated rings. The first-order chi connectivity index (χ1) is 27.1. The van der Waals surface area contributed by atoms with Gasteiger partial charge in [0.1, 0.15) is 24.9 Å². The van der Waals surface area contributed by atoms with Gasteiger partial charge in [-0.3, -0.25) is 0 Å². The van der Waals surface area contributed by atoms with E-state index in [4.69, 9.17) is 42.6 Å². The van der Waals surface area contributed by atoms with Crippen LogP contribution in [0, 0.1) is 34.5 Å². The van der Waals surface area contributed by atoms with E-state index in [9.17, 15) is 25.2 Å². The van der Waals surface area contributed by atoms with Crippen LogP contribution in [0.3, 0.4) is 0 Å². The van der Waals surface area contributed by atoms with Crippen molar-refractivity contribution in [2.24, 2.45) is 34.5 Å². The topological polar surface area (TPSA) is 181 Å². The third kappa shape index (κ3) is 7.37. The molecule has 21 atom stereocenters. The van der Waals surface area contributed by atoms with E-state index in [-0.39, 0.29) is 66.6 Å². The van der Waals surface area contributed by atoms with Crippen molar-refractivity contribution in [3.05, 3.63) is 11.6 Å². The maximum atomic E-state index is 12.6. The van der Waals surface area contributed by atoms with Gasteiger partial charge in [-0.15, -0.1) is 0 Å². The van der Waals surface area contributed by atoms with E-state index in [2.05, 4.69) is 13.8 Å². The average Bonchev–Trinajstić information content (AvgIpc) is 3.73. The van der Waals surface area contributed by atoms with Gasteiger partial charge in [0, 0.05) is 45.0 Å². The van der Waals surface area contributed by atoms with Crippen molar-refractivity contribution in [2.45, 2.75) is 197 Å². The van der Waals surface area contributed by atoms with Crippen molar-refractivity contribution >= 4 is 5.97 Å². The Hall–Kier alpha value is -1.27. The Bertz CT molecular complexity index is 1470. The Labute approximate surface area is 337 Å². The smallest absolute Gasteiger partial charge is 0.331 e. The number of carbonyl (C=O) groups is 1. The van der Waals surface area contributed by atoms with E-state index in [0.29, 0.717) is 31.6 Å². The molecule has 4 heterocycles. The van der Waals surface area contributed by atoms with Crippen molar-refractivity contribution in [3.63, 3.8) is 0 Å². The molecule has 4 saturated carbocycles. The van der Waals surface area contributed by atoms with E-state index >= 15 is 0 Å². The molecular formula is C43H68O14. The second-order valence-corrected chi connectivity index (χ2v) is 19.2. The van der Waals surface area contributed by atoms with E-state index < -0.39 is 72.6 Å². The van der Waals surface area contributed by atoms with Gasteiger partial charge in [-0.2, -0.15) is 0 Å². The lowest BCUT2D eigenvalue weighted by Gasteiger charge is -2.65. The highest BCUT2D eigenvalue weighted by atomic mass is 16.7. The number of hydrogen-bond donors (Lipinski definition) is 4. The molecule has 0 bridgehead atoms. The van der Waals surface area contributed by atoms with Crippen LogP contribution in [-0.2, 0) is 47.4 Å². The van der Waals surface area contributed by atoms with Gasteiger partial charge < -0.3 is 63.1 Å². The van der Waals surface area contributed by atoms with Crippen LogP contribution >= 0.6 is 0 Å². The summed E-state index contributed by atoms with van der Waals surface area (Å²) in [6.45, 7) is 10.3. The van der Waals surface area contributed by atoms with Gasteiger partial charge in [0.15, 0.2) is 18.9 Å². The van der Waals surface area contributed by atoms with Gasteiger partial charge in [0.25, 0.3) is 0 Å². The summed E-state index contributed by atoms with van der Waals surface area (Å²) in [6, 6.07) is 0. The van der Waals surface area contributed by atoms with Crippen LogP contribution in [0.4, 0.5) is 0 Å². The van der Waals surface area contributed by atoms with Gasteiger partial charge in [-0.05, 0) is 107 Å². The summed E-state index contributed by atoms with van der Waals surface area (Å²) in [5, 5.41) is 44.9. The van der Waals surface area contributed by atoms with Crippen molar-refractivity contribution in [2.75, 3.05) is 20.8 Å². The molecule has 324 valence electrons. The third-order valence-corrected chi connectivity index (χ3v) is 16.5. The molecule has 4 N–H and O–H groups in total. The number of aliphatic hydroxyl groups is 4. The number of fused-ring (bicyclic) bond motifs is 5. The van der Waals surface area contributed by atoms with Gasteiger partial charge in [0.05, 0.1) is 54.4 Å². The number of hydrogen-bond acceptors (Lipinski definition) is 14. The van der Waals surface area contributed by atoms with Gasteiger partial charge in [-0.1, -0.05) is 13.8 Å². The van der Waals surface area contributed by atoms with Crippen LogP contribution in [0.5, 0.6) is 0 Å². The molecule has 21 unspecified atom stereocenters. The van der Waals surface area contributed by atoms with Gasteiger partial charge >= 0.3 is 5.97 Å². The monoisotopic (exact) mass is 808 g/mol. The minimum absolute atomic E-state index is 0.0217. The second kappa shape index (κ2) is 16.2. The first-order valence-electron chi connectivity index (χ1n) is 21.7. The summed E-state index contributed by atoms with van der Waals surface area (Å²) in [4.78, 5) is 12.0. The molecule has 14 heteroatoms. The number of ether oxygens (including phenoxy) is 9. The predicted octanol–water partition coefficient (Wildman–Crippen LogP) is 3.53. The first kappa shape index (κ1) is 42.4. The van der Waals surface area contributed by atoms with Crippen LogP contribution in [0.15, 0.2) is 11.6 Å². The summed E-state index contributed by atoms with van der Waals surface area (Å²) < 4.78 is 55.3. The summed E-state index contributed by atoms with van der Waals surface area (Å²) in [7, 11) is 3.31. The molecule has 4 aliphatic carbocycles. The Morgan fingerprint density at radius 2 is 1.33 bits per heavy atom. The van der Waals surface area contributed by atoms with Crippen molar-refractivity contribution < 1.29 is 67.9 Å². The maximum Gasteiger partial charge on any atom is 0.331 e. The number of carbonyl (C=O) groups excluding carboxylic acids is 1. The van der Waals surface area contributed by atoms with Crippen LogP contribution in [0.25, 0.3) is 0 Å². The highest BCUT2D eigenvalue weighted by Gasteiger charge is 2.71. The van der Waals surface area contributed by atoms with Gasteiger partial charge in [-0.25, -0.2) is 4.79 Å². The lowest BCUT2D eigenvalue weighted by Crippen LogP contribution is -2.67. The van der Waals surface area contributed by atoms with Crippen molar-refractivity contribution in [1.29, 1.82) is 0 Å². The minimum Gasteiger partial charge on any atom is -0.458 e. The molecule has 57 heavy (non-hydrogen) atoms. The fourth-order valence-electron chi connectivity index (χ4n) is 13.2. The standard InChI is InChI=1S/C43H68O14/c1-21-38(47)30(44)17-35(52-21)56-39-23(3)54-37(19-32(39)50-7)57-40-22(2)53-36(18-31(40)49-6)55-26-10-12-41(4)25(15-26)8-9-28-29(41)16-33(45)42(5)27(11-13-43(28,42)48)24-14-34(46)51-20-24/h14,21-23,25-33,35-40,44-45,47-48H,8-13,15-20H2,1-7H3. The molecule has 0 amide bonds. The lowest BCUT2D eigenvalue weighted by atomic mass is 9.42. The fraction of sp³-hybridized carbons (Fsp3) is 0.930. The molecule has 8 aliphatic rings. The molecule has 8 rings (SSSR count). The van der Waals surface area contributed by atoms with Crippen LogP contribution in [0.1, 0.15) is 105 Å². The Morgan fingerprint density at radius 3 is 1.93 bits per heavy atom. The zero-order valence-electron chi connectivity index (χ0n) is 34.8. The summed E-state index contributed by atoms with van der Waals surface area (Å²) >= 11 is 0. The summed E-state index contributed by atoms with van der Waals surface area (Å²) in [5.41, 5.74) is -0.808. The van der Waals surface area contributed by atoms with Crippen LogP contribution < -0.4 is 0 Å². The van der Waals surface area contributed by atoms with E-state index in [1.165, 1.54) is 0 Å². The molecule has 0 aromatic rings. The number of esters is 1. The zero-order chi connectivity index (χ0) is 40.6. The first-order valence-corrected chi connectivity index (χ1v) is 21.7. The van der Waals surface area contributed by atoms with Crippen molar-refractivity contribution in [3.8, 4) is 0 Å². The van der Waals surface area contributed by atoms with Gasteiger partial charge in [0.2, 0.25) is 0 Å². The molecule has 0 aromatic carbocycles. The number of aliphatic hydroxyl groups excluding tert-OH is 3. The summed E-state index contributed by atoms with van der Waals surface area (Å²) in [5.74, 6) is 0.325.